The summed E-state index contributed by atoms with van der Waals surface area (Å²) in [6.45, 7) is 0. The molecule has 0 aliphatic carbocycles. The average molecular weight is 152 g/mol. The Kier molecular flexibility index (Phi) is 3.06. The third kappa shape index (κ3) is 1.80. The number of pyridine rings is 1. The molecule has 0 atom stereocenters. The van der Waals surface area contributed by atoms with Gasteiger partial charge in [-0.25, -0.2) is 0 Å². The quantitative estimate of drug-likeness (QED) is 0.525. The predicted molar refractivity (Wildman–Crippen MR) is 47.5 cm³/mol. The largest absolute Gasteiger partial charge is 0.264 e. The Morgan fingerprint density at radius 1 is 0.909 bits per heavy atom. The Bertz CT molecular complexity index is 281. The van der Waals surface area contributed by atoms with Crippen molar-refractivity contribution in [3.63, 3.8) is 0 Å². The second kappa shape index (κ2) is 3.86. The van der Waals surface area contributed by atoms with E-state index in [1.807, 2.05) is 30.6 Å². The zero-order chi connectivity index (χ0) is 6.81. The Labute approximate surface area is 87.7 Å². The summed E-state index contributed by atoms with van der Waals surface area (Å²) < 4.78 is 0. The summed E-state index contributed by atoms with van der Waals surface area (Å²) in [6.07, 6.45) is 3.68. The van der Waals surface area contributed by atoms with E-state index in [2.05, 4.69) is 17.1 Å². The second-order valence-corrected chi connectivity index (χ2v) is 2.22. The molecule has 0 bridgehead atoms. The van der Waals surface area contributed by atoms with Crippen LogP contribution in [0.3, 0.4) is 0 Å². The van der Waals surface area contributed by atoms with Gasteiger partial charge in [0.25, 0.3) is 0 Å². The standard InChI is InChI=1S/C9H7N.Na/c1-2-4-9-7-10-6-5-8(9)3-1;/h1-7H;. The normalized spacial score (nSPS) is 9.09. The van der Waals surface area contributed by atoms with Crippen LogP contribution in [-0.2, 0) is 0 Å². The molecule has 0 unspecified atom stereocenters. The maximum Gasteiger partial charge on any atom is 0.0346 e. The van der Waals surface area contributed by atoms with Crippen molar-refractivity contribution in [2.75, 3.05) is 0 Å². The molecule has 0 fully saturated rings. The first-order valence-corrected chi connectivity index (χ1v) is 3.25. The summed E-state index contributed by atoms with van der Waals surface area (Å²) in [6, 6.07) is 10.2. The van der Waals surface area contributed by atoms with Crippen molar-refractivity contribution in [3.8, 4) is 0 Å². The molecular formula is C9H7NNa. The van der Waals surface area contributed by atoms with Crippen LogP contribution in [0.5, 0.6) is 0 Å². The van der Waals surface area contributed by atoms with Crippen molar-refractivity contribution in [1.82, 2.24) is 4.98 Å². The van der Waals surface area contributed by atoms with Crippen LogP contribution in [0.2, 0.25) is 0 Å². The fourth-order valence-corrected chi connectivity index (χ4v) is 1.03. The summed E-state index contributed by atoms with van der Waals surface area (Å²) in [5, 5.41) is 2.45. The number of rotatable bonds is 0. The van der Waals surface area contributed by atoms with Gasteiger partial charge in [-0.1, -0.05) is 24.3 Å². The average Bonchev–Trinajstić information content (AvgIpc) is 2.05. The van der Waals surface area contributed by atoms with Crippen molar-refractivity contribution in [2.24, 2.45) is 0 Å². The number of fused-ring (bicyclic) bond motifs is 1. The topological polar surface area (TPSA) is 12.9 Å². The minimum absolute atomic E-state index is 0. The summed E-state index contributed by atoms with van der Waals surface area (Å²) in [7, 11) is 0. The maximum atomic E-state index is 4.01. The molecule has 0 spiro atoms. The van der Waals surface area contributed by atoms with Gasteiger partial charge < -0.3 is 0 Å². The van der Waals surface area contributed by atoms with Crippen molar-refractivity contribution >= 4 is 40.3 Å². The van der Waals surface area contributed by atoms with E-state index in [9.17, 15) is 0 Å². The SMILES string of the molecule is [Na].c1ccc2cnccc2c1. The van der Waals surface area contributed by atoms with Gasteiger partial charge in [-0.3, -0.25) is 4.98 Å². The molecule has 1 aromatic heterocycles. The van der Waals surface area contributed by atoms with Gasteiger partial charge in [-0.15, -0.1) is 0 Å². The van der Waals surface area contributed by atoms with Crippen molar-refractivity contribution in [1.29, 1.82) is 0 Å². The van der Waals surface area contributed by atoms with E-state index in [1.54, 1.807) is 0 Å². The third-order valence-corrected chi connectivity index (χ3v) is 1.55. The van der Waals surface area contributed by atoms with Gasteiger partial charge in [0.1, 0.15) is 0 Å². The molecule has 1 heterocycles. The fourth-order valence-electron chi connectivity index (χ4n) is 1.03. The van der Waals surface area contributed by atoms with Crippen LogP contribution >= 0.6 is 0 Å². The number of nitrogens with zero attached hydrogens (tertiary/aromatic N) is 1. The molecule has 2 aromatic rings. The number of hydrogen-bond acceptors (Lipinski definition) is 1. The van der Waals surface area contributed by atoms with E-state index >= 15 is 0 Å². The first-order chi connectivity index (χ1) is 4.97. The summed E-state index contributed by atoms with van der Waals surface area (Å²) >= 11 is 0. The van der Waals surface area contributed by atoms with E-state index < -0.39 is 0 Å². The molecule has 0 aliphatic heterocycles. The van der Waals surface area contributed by atoms with Gasteiger partial charge in [-0.2, -0.15) is 0 Å². The number of hydrogen-bond donors (Lipinski definition) is 0. The molecule has 49 valence electrons. The summed E-state index contributed by atoms with van der Waals surface area (Å²) in [5.41, 5.74) is 0. The molecular weight excluding hydrogens is 145 g/mol. The fraction of sp³-hybridized carbons (Fsp3) is 0. The van der Waals surface area contributed by atoms with Gasteiger partial charge in [0.05, 0.1) is 0 Å². The first-order valence-electron chi connectivity index (χ1n) is 3.25. The van der Waals surface area contributed by atoms with Crippen molar-refractivity contribution in [2.45, 2.75) is 0 Å². The van der Waals surface area contributed by atoms with Crippen LogP contribution < -0.4 is 0 Å². The molecule has 2 heteroatoms. The molecule has 0 N–H and O–H groups in total. The van der Waals surface area contributed by atoms with Crippen LogP contribution in [0, 0.1) is 0 Å². The van der Waals surface area contributed by atoms with E-state index in [4.69, 9.17) is 0 Å². The summed E-state index contributed by atoms with van der Waals surface area (Å²) in [5.74, 6) is 0. The van der Waals surface area contributed by atoms with Gasteiger partial charge in [0.2, 0.25) is 0 Å². The van der Waals surface area contributed by atoms with Crippen molar-refractivity contribution < 1.29 is 0 Å². The number of aromatic nitrogens is 1. The van der Waals surface area contributed by atoms with E-state index in [-0.39, 0.29) is 29.6 Å². The Morgan fingerprint density at radius 3 is 2.36 bits per heavy atom. The van der Waals surface area contributed by atoms with E-state index in [1.165, 1.54) is 10.8 Å². The molecule has 0 saturated heterocycles. The van der Waals surface area contributed by atoms with Crippen LogP contribution in [-0.4, -0.2) is 34.5 Å². The first kappa shape index (κ1) is 8.72. The van der Waals surface area contributed by atoms with Gasteiger partial charge >= 0.3 is 0 Å². The molecule has 1 aromatic carbocycles. The van der Waals surface area contributed by atoms with Gasteiger partial charge in [0.15, 0.2) is 0 Å². The molecule has 2 rings (SSSR count). The maximum absolute atomic E-state index is 4.01. The molecule has 1 radical (unpaired) electrons. The molecule has 0 saturated carbocycles. The van der Waals surface area contributed by atoms with Crippen LogP contribution in [0.1, 0.15) is 0 Å². The predicted octanol–water partition coefficient (Wildman–Crippen LogP) is 1.85. The van der Waals surface area contributed by atoms with E-state index in [0.717, 1.165) is 0 Å². The minimum atomic E-state index is 0. The zero-order valence-electron chi connectivity index (χ0n) is 6.49. The molecule has 0 amide bonds. The van der Waals surface area contributed by atoms with Gasteiger partial charge in [0, 0.05) is 42.0 Å². The number of benzene rings is 1. The Hall–Kier alpha value is -0.370. The Morgan fingerprint density at radius 2 is 1.64 bits per heavy atom. The molecule has 1 nitrogen and oxygen atoms in total. The third-order valence-electron chi connectivity index (χ3n) is 1.55. The van der Waals surface area contributed by atoms with Crippen LogP contribution in [0.4, 0.5) is 0 Å². The monoisotopic (exact) mass is 152 g/mol. The summed E-state index contributed by atoms with van der Waals surface area (Å²) in [4.78, 5) is 4.01. The van der Waals surface area contributed by atoms with Gasteiger partial charge in [-0.05, 0) is 16.8 Å². The van der Waals surface area contributed by atoms with Crippen molar-refractivity contribution in [3.05, 3.63) is 42.7 Å². The van der Waals surface area contributed by atoms with E-state index in [0.29, 0.717) is 0 Å². The second-order valence-electron chi connectivity index (χ2n) is 2.22. The molecule has 0 aliphatic rings. The smallest absolute Gasteiger partial charge is 0.0346 e. The van der Waals surface area contributed by atoms with Crippen LogP contribution in [0.25, 0.3) is 10.8 Å². The van der Waals surface area contributed by atoms with Crippen LogP contribution in [0.15, 0.2) is 42.7 Å². The molecule has 11 heavy (non-hydrogen) atoms. The zero-order valence-corrected chi connectivity index (χ0v) is 8.49. The Balaban J connectivity index is 0.000000605. The minimum Gasteiger partial charge on any atom is -0.264 e.